The third-order valence-corrected chi connectivity index (χ3v) is 2.47. The second kappa shape index (κ2) is 3.28. The van der Waals surface area contributed by atoms with Gasteiger partial charge in [-0.1, -0.05) is 12.1 Å². The lowest BCUT2D eigenvalue weighted by Crippen LogP contribution is -2.08. The van der Waals surface area contributed by atoms with E-state index in [-0.39, 0.29) is 6.10 Å². The van der Waals surface area contributed by atoms with Gasteiger partial charge in [0.25, 0.3) is 0 Å². The molecule has 1 saturated carbocycles. The molecule has 0 bridgehead atoms. The van der Waals surface area contributed by atoms with Crippen LogP contribution < -0.4 is 4.74 Å². The standard InChI is InChI=1S/C12H16O2/c1-9(2)14-11-5-3-4-10(8-11)12(13)6-7-12/h3-5,8-9,13H,6-7H2,1-2H3. The lowest BCUT2D eigenvalue weighted by molar-refractivity contribution is 0.150. The maximum Gasteiger partial charge on any atom is 0.120 e. The van der Waals surface area contributed by atoms with E-state index in [9.17, 15) is 5.11 Å². The summed E-state index contributed by atoms with van der Waals surface area (Å²) in [6, 6.07) is 7.76. The summed E-state index contributed by atoms with van der Waals surface area (Å²) in [5, 5.41) is 9.90. The molecule has 1 N–H and O–H groups in total. The summed E-state index contributed by atoms with van der Waals surface area (Å²) in [4.78, 5) is 0. The topological polar surface area (TPSA) is 29.5 Å². The fourth-order valence-corrected chi connectivity index (χ4v) is 1.54. The Morgan fingerprint density at radius 3 is 2.64 bits per heavy atom. The van der Waals surface area contributed by atoms with Crippen LogP contribution in [0, 0.1) is 0 Å². The SMILES string of the molecule is CC(C)Oc1cccc(C2(O)CC2)c1. The monoisotopic (exact) mass is 192 g/mol. The molecule has 1 aliphatic rings. The van der Waals surface area contributed by atoms with E-state index in [1.807, 2.05) is 38.1 Å². The van der Waals surface area contributed by atoms with Gasteiger partial charge >= 0.3 is 0 Å². The Balaban J connectivity index is 2.19. The van der Waals surface area contributed by atoms with Gasteiger partial charge in [-0.15, -0.1) is 0 Å². The maximum atomic E-state index is 9.90. The highest BCUT2D eigenvalue weighted by Gasteiger charge is 2.42. The first-order chi connectivity index (χ1) is 6.60. The fourth-order valence-electron chi connectivity index (χ4n) is 1.54. The Morgan fingerprint density at radius 1 is 1.36 bits per heavy atom. The first-order valence-corrected chi connectivity index (χ1v) is 5.10. The highest BCUT2D eigenvalue weighted by molar-refractivity contribution is 5.35. The van der Waals surface area contributed by atoms with Crippen LogP contribution in [-0.4, -0.2) is 11.2 Å². The molecule has 0 unspecified atom stereocenters. The molecule has 0 aromatic heterocycles. The fraction of sp³-hybridized carbons (Fsp3) is 0.500. The number of hydrogen-bond acceptors (Lipinski definition) is 2. The van der Waals surface area contributed by atoms with Crippen molar-refractivity contribution < 1.29 is 9.84 Å². The van der Waals surface area contributed by atoms with E-state index < -0.39 is 5.60 Å². The van der Waals surface area contributed by atoms with Crippen LogP contribution in [0.5, 0.6) is 5.75 Å². The molecular formula is C12H16O2. The van der Waals surface area contributed by atoms with Crippen LogP contribution in [0.2, 0.25) is 0 Å². The molecule has 2 rings (SSSR count). The van der Waals surface area contributed by atoms with Gasteiger partial charge in [-0.25, -0.2) is 0 Å². The molecule has 14 heavy (non-hydrogen) atoms. The molecule has 76 valence electrons. The van der Waals surface area contributed by atoms with Crippen molar-refractivity contribution in [2.75, 3.05) is 0 Å². The third kappa shape index (κ3) is 1.90. The second-order valence-electron chi connectivity index (χ2n) is 4.23. The molecule has 0 atom stereocenters. The third-order valence-electron chi connectivity index (χ3n) is 2.47. The van der Waals surface area contributed by atoms with Crippen LogP contribution in [0.15, 0.2) is 24.3 Å². The predicted molar refractivity (Wildman–Crippen MR) is 55.3 cm³/mol. The average Bonchev–Trinajstić information content (AvgIpc) is 2.84. The highest BCUT2D eigenvalue weighted by Crippen LogP contribution is 2.45. The van der Waals surface area contributed by atoms with E-state index in [1.165, 1.54) is 0 Å². The van der Waals surface area contributed by atoms with Gasteiger partial charge in [-0.05, 0) is 44.4 Å². The van der Waals surface area contributed by atoms with E-state index in [4.69, 9.17) is 4.74 Å². The van der Waals surface area contributed by atoms with Gasteiger partial charge in [0.15, 0.2) is 0 Å². The lowest BCUT2D eigenvalue weighted by atomic mass is 10.1. The predicted octanol–water partition coefficient (Wildman–Crippen LogP) is 2.46. The molecule has 1 aromatic carbocycles. The van der Waals surface area contributed by atoms with Crippen LogP contribution in [0.1, 0.15) is 32.3 Å². The van der Waals surface area contributed by atoms with Crippen molar-refractivity contribution in [3.63, 3.8) is 0 Å². The molecule has 0 radical (unpaired) electrons. The number of ether oxygens (including phenoxy) is 1. The zero-order valence-electron chi connectivity index (χ0n) is 8.66. The molecule has 0 saturated heterocycles. The first kappa shape index (κ1) is 9.53. The summed E-state index contributed by atoms with van der Waals surface area (Å²) in [5.74, 6) is 0.845. The van der Waals surface area contributed by atoms with Gasteiger partial charge in [-0.3, -0.25) is 0 Å². The van der Waals surface area contributed by atoms with Crippen LogP contribution in [-0.2, 0) is 5.60 Å². The summed E-state index contributed by atoms with van der Waals surface area (Å²) in [6.45, 7) is 4.00. The average molecular weight is 192 g/mol. The Hall–Kier alpha value is -1.02. The van der Waals surface area contributed by atoms with Gasteiger partial charge in [-0.2, -0.15) is 0 Å². The summed E-state index contributed by atoms with van der Waals surface area (Å²) in [5.41, 5.74) is 0.423. The molecule has 0 heterocycles. The molecule has 2 heteroatoms. The maximum absolute atomic E-state index is 9.90. The van der Waals surface area contributed by atoms with Crippen molar-refractivity contribution in [3.8, 4) is 5.75 Å². The summed E-state index contributed by atoms with van der Waals surface area (Å²) in [7, 11) is 0. The van der Waals surface area contributed by atoms with Gasteiger partial charge in [0.1, 0.15) is 5.75 Å². The Bertz CT molecular complexity index is 327. The quantitative estimate of drug-likeness (QED) is 0.797. The van der Waals surface area contributed by atoms with Crippen LogP contribution in [0.25, 0.3) is 0 Å². The molecule has 1 aromatic rings. The molecule has 1 fully saturated rings. The summed E-state index contributed by atoms with van der Waals surface area (Å²) >= 11 is 0. The molecule has 1 aliphatic carbocycles. The van der Waals surface area contributed by atoms with Crippen LogP contribution >= 0.6 is 0 Å². The minimum atomic E-state index is -0.559. The van der Waals surface area contributed by atoms with Crippen molar-refractivity contribution in [1.29, 1.82) is 0 Å². The van der Waals surface area contributed by atoms with Crippen molar-refractivity contribution >= 4 is 0 Å². The Kier molecular flexibility index (Phi) is 2.23. The smallest absolute Gasteiger partial charge is 0.120 e. The van der Waals surface area contributed by atoms with E-state index >= 15 is 0 Å². The summed E-state index contributed by atoms with van der Waals surface area (Å²) in [6.07, 6.45) is 1.93. The molecular weight excluding hydrogens is 176 g/mol. The molecule has 2 nitrogen and oxygen atoms in total. The van der Waals surface area contributed by atoms with Gasteiger partial charge in [0, 0.05) is 0 Å². The largest absolute Gasteiger partial charge is 0.491 e. The van der Waals surface area contributed by atoms with Gasteiger partial charge in [0.2, 0.25) is 0 Å². The minimum Gasteiger partial charge on any atom is -0.491 e. The van der Waals surface area contributed by atoms with Crippen molar-refractivity contribution in [2.24, 2.45) is 0 Å². The van der Waals surface area contributed by atoms with E-state index in [2.05, 4.69) is 0 Å². The van der Waals surface area contributed by atoms with Crippen LogP contribution in [0.3, 0.4) is 0 Å². The zero-order valence-corrected chi connectivity index (χ0v) is 8.66. The molecule has 0 spiro atoms. The highest BCUT2D eigenvalue weighted by atomic mass is 16.5. The Labute approximate surface area is 84.5 Å². The van der Waals surface area contributed by atoms with Gasteiger partial charge < -0.3 is 9.84 Å². The Morgan fingerprint density at radius 2 is 2.07 bits per heavy atom. The number of aliphatic hydroxyl groups is 1. The van der Waals surface area contributed by atoms with E-state index in [0.717, 1.165) is 24.2 Å². The van der Waals surface area contributed by atoms with Gasteiger partial charge in [0.05, 0.1) is 11.7 Å². The zero-order chi connectivity index (χ0) is 10.2. The van der Waals surface area contributed by atoms with Crippen molar-refractivity contribution in [1.82, 2.24) is 0 Å². The van der Waals surface area contributed by atoms with E-state index in [0.29, 0.717) is 0 Å². The first-order valence-electron chi connectivity index (χ1n) is 5.10. The van der Waals surface area contributed by atoms with E-state index in [1.54, 1.807) is 0 Å². The van der Waals surface area contributed by atoms with Crippen molar-refractivity contribution in [3.05, 3.63) is 29.8 Å². The van der Waals surface area contributed by atoms with Crippen molar-refractivity contribution in [2.45, 2.75) is 38.4 Å². The number of benzene rings is 1. The number of rotatable bonds is 3. The van der Waals surface area contributed by atoms with Crippen LogP contribution in [0.4, 0.5) is 0 Å². The molecule has 0 amide bonds. The minimum absolute atomic E-state index is 0.180. The number of hydrogen-bond donors (Lipinski definition) is 1. The lowest BCUT2D eigenvalue weighted by Gasteiger charge is -2.13. The molecule has 0 aliphatic heterocycles. The normalized spacial score (nSPS) is 18.3. The second-order valence-corrected chi connectivity index (χ2v) is 4.23. The summed E-state index contributed by atoms with van der Waals surface area (Å²) < 4.78 is 5.57.